The van der Waals surface area contributed by atoms with E-state index in [2.05, 4.69) is 103 Å². The second-order valence-corrected chi connectivity index (χ2v) is 13.3. The molecule has 8 rings (SSSR count). The Morgan fingerprint density at radius 2 is 1.72 bits per heavy atom. The van der Waals surface area contributed by atoms with E-state index >= 15 is 0 Å². The molecule has 2 N–H and O–H groups in total. The Hall–Kier alpha value is -5.70. The molecule has 2 aromatic heterocycles. The second kappa shape index (κ2) is 11.9. The average molecular weight is 625 g/mol. The van der Waals surface area contributed by atoms with Crippen LogP contribution in [0.15, 0.2) is 132 Å². The molecule has 1 aliphatic rings. The van der Waals surface area contributed by atoms with Gasteiger partial charge in [0.05, 0.1) is 23.2 Å². The molecule has 1 aliphatic carbocycles. The third kappa shape index (κ3) is 5.23. The highest BCUT2D eigenvalue weighted by Crippen LogP contribution is 2.43. The molecule has 2 atom stereocenters. The Morgan fingerprint density at radius 1 is 0.894 bits per heavy atom. The summed E-state index contributed by atoms with van der Waals surface area (Å²) < 4.78 is 5.11. The molecule has 2 heterocycles. The van der Waals surface area contributed by atoms with Gasteiger partial charge in [0.15, 0.2) is 0 Å². The van der Waals surface area contributed by atoms with E-state index in [1.54, 1.807) is 6.07 Å². The SMILES string of the molecule is CC1CC=Cc2c1n(-c1cccc(C=NC(/C=C(\N)c3cccc(C#N)c3)c3ccccc3)c1)c1cc3c(cc21)sc1ccccc13. The number of thiophene rings is 1. The highest BCUT2D eigenvalue weighted by Gasteiger charge is 2.24. The third-order valence-electron chi connectivity index (χ3n) is 9.10. The van der Waals surface area contributed by atoms with Gasteiger partial charge in [-0.3, -0.25) is 4.99 Å². The van der Waals surface area contributed by atoms with E-state index in [-0.39, 0.29) is 6.04 Å². The monoisotopic (exact) mass is 624 g/mol. The zero-order valence-corrected chi connectivity index (χ0v) is 26.8. The maximum atomic E-state index is 9.38. The lowest BCUT2D eigenvalue weighted by Crippen LogP contribution is -2.07. The Kier molecular flexibility index (Phi) is 7.28. The zero-order valence-electron chi connectivity index (χ0n) is 26.0. The van der Waals surface area contributed by atoms with Gasteiger partial charge in [-0.25, -0.2) is 0 Å². The van der Waals surface area contributed by atoms with Crippen LogP contribution in [0, 0.1) is 11.3 Å². The smallest absolute Gasteiger partial charge is 0.0991 e. The van der Waals surface area contributed by atoms with Crippen molar-refractivity contribution >= 4 is 60.4 Å². The largest absolute Gasteiger partial charge is 0.398 e. The number of nitrogens with zero attached hydrogens (tertiary/aromatic N) is 3. The van der Waals surface area contributed by atoms with Crippen molar-refractivity contribution in [1.82, 2.24) is 4.57 Å². The molecule has 2 unspecified atom stereocenters. The van der Waals surface area contributed by atoms with Crippen molar-refractivity contribution < 1.29 is 0 Å². The summed E-state index contributed by atoms with van der Waals surface area (Å²) in [6.07, 6.45) is 9.56. The summed E-state index contributed by atoms with van der Waals surface area (Å²) in [6, 6.07) is 41.6. The lowest BCUT2D eigenvalue weighted by molar-refractivity contribution is 0.723. The normalized spacial score (nSPS) is 15.4. The molecule has 47 heavy (non-hydrogen) atoms. The quantitative estimate of drug-likeness (QED) is 0.187. The summed E-state index contributed by atoms with van der Waals surface area (Å²) >= 11 is 1.87. The molecule has 226 valence electrons. The summed E-state index contributed by atoms with van der Waals surface area (Å²) in [7, 11) is 0. The first-order chi connectivity index (χ1) is 23.1. The summed E-state index contributed by atoms with van der Waals surface area (Å²) in [5.41, 5.74) is 15.6. The number of nitriles is 1. The van der Waals surface area contributed by atoms with Gasteiger partial charge in [-0.05, 0) is 71.7 Å². The van der Waals surface area contributed by atoms with Crippen molar-refractivity contribution in [3.63, 3.8) is 0 Å². The van der Waals surface area contributed by atoms with E-state index in [4.69, 9.17) is 10.7 Å². The lowest BCUT2D eigenvalue weighted by Gasteiger charge is -2.19. The molecule has 0 spiro atoms. The van der Waals surface area contributed by atoms with Crippen LogP contribution in [-0.2, 0) is 0 Å². The van der Waals surface area contributed by atoms with Crippen LogP contribution in [0.5, 0.6) is 0 Å². The van der Waals surface area contributed by atoms with Gasteiger partial charge in [0.25, 0.3) is 0 Å². The van der Waals surface area contributed by atoms with E-state index in [0.717, 1.165) is 28.8 Å². The lowest BCUT2D eigenvalue weighted by atomic mass is 9.93. The minimum Gasteiger partial charge on any atom is -0.398 e. The fourth-order valence-corrected chi connectivity index (χ4v) is 7.94. The first-order valence-corrected chi connectivity index (χ1v) is 16.7. The Morgan fingerprint density at radius 3 is 2.60 bits per heavy atom. The van der Waals surface area contributed by atoms with E-state index < -0.39 is 0 Å². The molecule has 0 saturated heterocycles. The number of rotatable bonds is 6. The number of nitrogens with two attached hydrogens (primary N) is 1. The molecular weight excluding hydrogens is 593 g/mol. The van der Waals surface area contributed by atoms with Crippen LogP contribution in [-0.4, -0.2) is 10.8 Å². The van der Waals surface area contributed by atoms with Crippen LogP contribution in [0.4, 0.5) is 0 Å². The van der Waals surface area contributed by atoms with Crippen molar-refractivity contribution in [2.45, 2.75) is 25.3 Å². The van der Waals surface area contributed by atoms with Crippen LogP contribution >= 0.6 is 11.3 Å². The van der Waals surface area contributed by atoms with Crippen molar-refractivity contribution in [1.29, 1.82) is 5.26 Å². The fraction of sp³-hybridized carbons (Fsp3) is 0.0952. The van der Waals surface area contributed by atoms with Gasteiger partial charge in [-0.1, -0.05) is 91.9 Å². The first-order valence-electron chi connectivity index (χ1n) is 15.9. The number of hydrogen-bond donors (Lipinski definition) is 1. The Labute approximate surface area is 278 Å². The zero-order chi connectivity index (χ0) is 31.9. The van der Waals surface area contributed by atoms with E-state index in [1.165, 1.54) is 42.3 Å². The highest BCUT2D eigenvalue weighted by molar-refractivity contribution is 7.25. The van der Waals surface area contributed by atoms with E-state index in [9.17, 15) is 5.26 Å². The maximum Gasteiger partial charge on any atom is 0.0991 e. The number of fused-ring (bicyclic) bond motifs is 6. The number of benzene rings is 5. The van der Waals surface area contributed by atoms with Crippen molar-refractivity contribution in [3.8, 4) is 11.8 Å². The van der Waals surface area contributed by atoms with Crippen LogP contribution in [0.2, 0.25) is 0 Å². The first kappa shape index (κ1) is 28.8. The second-order valence-electron chi connectivity index (χ2n) is 12.2. The average Bonchev–Trinajstić information content (AvgIpc) is 3.65. The van der Waals surface area contributed by atoms with Gasteiger partial charge in [0.1, 0.15) is 0 Å². The summed E-state index contributed by atoms with van der Waals surface area (Å²) in [5, 5.41) is 13.3. The highest BCUT2D eigenvalue weighted by atomic mass is 32.1. The van der Waals surface area contributed by atoms with Crippen molar-refractivity contribution in [2.24, 2.45) is 10.7 Å². The van der Waals surface area contributed by atoms with Gasteiger partial charge < -0.3 is 10.3 Å². The van der Waals surface area contributed by atoms with Crippen LogP contribution in [0.3, 0.4) is 0 Å². The number of allylic oxidation sites excluding steroid dienone is 1. The Balaban J connectivity index is 1.23. The van der Waals surface area contributed by atoms with Crippen molar-refractivity contribution in [3.05, 3.63) is 161 Å². The standard InChI is InChI=1S/C42H32N4S/c1-27-10-7-18-34-35-23-41-36(33-17-5-6-19-40(33)47-41)22-39(35)46(42(27)34)32-16-9-12-29(21-32)26-45-38(30-13-3-2-4-14-30)24-37(44)31-15-8-11-28(20-31)25-43/h2-9,11-24,26-27,38H,10,44H2,1H3/b37-24-,45-26?. The van der Waals surface area contributed by atoms with Crippen LogP contribution < -0.4 is 5.73 Å². The van der Waals surface area contributed by atoms with Crippen LogP contribution in [0.25, 0.3) is 48.5 Å². The molecule has 0 amide bonds. The van der Waals surface area contributed by atoms with E-state index in [0.29, 0.717) is 17.2 Å². The van der Waals surface area contributed by atoms with Crippen LogP contribution in [0.1, 0.15) is 58.8 Å². The molecule has 7 aromatic rings. The minimum atomic E-state index is -0.295. The molecule has 0 radical (unpaired) electrons. The molecule has 0 bridgehead atoms. The molecule has 4 nitrogen and oxygen atoms in total. The van der Waals surface area contributed by atoms with Gasteiger partial charge in [-0.2, -0.15) is 5.26 Å². The maximum absolute atomic E-state index is 9.38. The molecule has 5 aromatic carbocycles. The van der Waals surface area contributed by atoms with Gasteiger partial charge >= 0.3 is 0 Å². The number of hydrogen-bond acceptors (Lipinski definition) is 4. The number of aliphatic imine (C=N–C) groups is 1. The molecule has 5 heteroatoms. The molecule has 0 saturated carbocycles. The fourth-order valence-electron chi connectivity index (χ4n) is 6.81. The summed E-state index contributed by atoms with van der Waals surface area (Å²) in [5.74, 6) is 0.393. The number of aromatic nitrogens is 1. The van der Waals surface area contributed by atoms with Gasteiger partial charge in [0, 0.05) is 60.3 Å². The van der Waals surface area contributed by atoms with E-state index in [1.807, 2.05) is 60.0 Å². The molecule has 0 aliphatic heterocycles. The third-order valence-corrected chi connectivity index (χ3v) is 10.2. The predicted octanol–water partition coefficient (Wildman–Crippen LogP) is 10.6. The van der Waals surface area contributed by atoms with Crippen molar-refractivity contribution in [2.75, 3.05) is 0 Å². The Bertz CT molecular complexity index is 2430. The molecular formula is C42H32N4S. The minimum absolute atomic E-state index is 0.295. The van der Waals surface area contributed by atoms with Gasteiger partial charge in [-0.15, -0.1) is 11.3 Å². The summed E-state index contributed by atoms with van der Waals surface area (Å²) in [4.78, 5) is 5.06. The summed E-state index contributed by atoms with van der Waals surface area (Å²) in [6.45, 7) is 2.33. The molecule has 0 fully saturated rings. The van der Waals surface area contributed by atoms with Gasteiger partial charge in [0.2, 0.25) is 0 Å². The topological polar surface area (TPSA) is 67.1 Å². The predicted molar refractivity (Wildman–Crippen MR) is 198 cm³/mol.